The first kappa shape index (κ1) is 19.3. The highest BCUT2D eigenvalue weighted by atomic mass is 19.4. The van der Waals surface area contributed by atoms with Gasteiger partial charge in [0.25, 0.3) is 5.91 Å². The molecule has 10 heteroatoms. The Morgan fingerprint density at radius 2 is 1.23 bits per heavy atom. The van der Waals surface area contributed by atoms with Crippen LogP contribution in [-0.4, -0.2) is 18.0 Å². The highest BCUT2D eigenvalue weighted by Gasteiger charge is 2.39. The van der Waals surface area contributed by atoms with Crippen molar-refractivity contribution >= 4 is 23.2 Å². The molecule has 2 aromatic rings. The van der Waals surface area contributed by atoms with Gasteiger partial charge in [-0.05, 0) is 36.4 Å². The second-order valence-electron chi connectivity index (χ2n) is 5.03. The van der Waals surface area contributed by atoms with Crippen LogP contribution in [0.25, 0.3) is 0 Å². The van der Waals surface area contributed by atoms with E-state index in [1.54, 1.807) is 5.32 Å². The highest BCUT2D eigenvalue weighted by Crippen LogP contribution is 2.29. The van der Waals surface area contributed by atoms with Gasteiger partial charge in [0.2, 0.25) is 0 Å². The van der Waals surface area contributed by atoms with Crippen LogP contribution in [0.4, 0.5) is 37.7 Å². The normalized spacial score (nSPS) is 11.8. The van der Waals surface area contributed by atoms with Crippen LogP contribution in [0.15, 0.2) is 48.5 Å². The number of benzene rings is 2. The van der Waals surface area contributed by atoms with Gasteiger partial charge in [0.15, 0.2) is 0 Å². The van der Waals surface area contributed by atoms with Crippen molar-refractivity contribution in [2.75, 3.05) is 10.6 Å². The predicted molar refractivity (Wildman–Crippen MR) is 80.5 cm³/mol. The summed E-state index contributed by atoms with van der Waals surface area (Å²) in [6, 6.07) is 8.34. The number of hydrogen-bond acceptors (Lipinski definition) is 2. The third-order valence-corrected chi connectivity index (χ3v) is 3.16. The van der Waals surface area contributed by atoms with E-state index in [4.69, 9.17) is 0 Å². The summed E-state index contributed by atoms with van der Waals surface area (Å²) in [7, 11) is 0. The van der Waals surface area contributed by atoms with Gasteiger partial charge >= 0.3 is 18.3 Å². The molecule has 0 aliphatic carbocycles. The zero-order chi connectivity index (χ0) is 19.5. The Morgan fingerprint density at radius 1 is 0.731 bits per heavy atom. The van der Waals surface area contributed by atoms with Crippen LogP contribution >= 0.6 is 0 Å². The monoisotopic (exact) mass is 376 g/mol. The third kappa shape index (κ3) is 4.74. The van der Waals surface area contributed by atoms with Gasteiger partial charge < -0.3 is 10.6 Å². The summed E-state index contributed by atoms with van der Waals surface area (Å²) in [5.74, 6) is -3.08. The fourth-order valence-electron chi connectivity index (χ4n) is 1.90. The Hall–Kier alpha value is -3.04. The maximum Gasteiger partial charge on any atom is 0.471 e. The molecule has 0 aromatic heterocycles. The van der Waals surface area contributed by atoms with Crippen LogP contribution in [0.1, 0.15) is 15.9 Å². The maximum atomic E-state index is 12.5. The van der Waals surface area contributed by atoms with Crippen molar-refractivity contribution in [3.8, 4) is 0 Å². The number of amides is 2. The Balaban J connectivity index is 2.18. The van der Waals surface area contributed by atoms with E-state index in [1.165, 1.54) is 18.2 Å². The molecule has 26 heavy (non-hydrogen) atoms. The largest absolute Gasteiger partial charge is 0.471 e. The number of para-hydroxylation sites is 2. The molecule has 2 N–H and O–H groups in total. The number of carbonyl (C=O) groups excluding carboxylic acids is 2. The standard InChI is InChI=1S/C16H10F6N2O2/c17-15(18,19)10-7-5-9(6-8-10)13(25)23-11-3-1-2-4-12(11)24-14(26)16(20,21)22/h1-8H,(H,23,25)(H,24,26). The summed E-state index contributed by atoms with van der Waals surface area (Å²) in [5.41, 5.74) is -1.55. The summed E-state index contributed by atoms with van der Waals surface area (Å²) in [5, 5.41) is 3.85. The number of halogens is 6. The van der Waals surface area contributed by atoms with Crippen LogP contribution in [0.5, 0.6) is 0 Å². The first-order valence-corrected chi connectivity index (χ1v) is 6.94. The highest BCUT2D eigenvalue weighted by molar-refractivity contribution is 6.07. The van der Waals surface area contributed by atoms with Gasteiger partial charge in [-0.1, -0.05) is 12.1 Å². The summed E-state index contributed by atoms with van der Waals surface area (Å²) >= 11 is 0. The lowest BCUT2D eigenvalue weighted by atomic mass is 10.1. The number of hydrogen-bond donors (Lipinski definition) is 2. The van der Waals surface area contributed by atoms with Crippen LogP contribution < -0.4 is 10.6 Å². The third-order valence-electron chi connectivity index (χ3n) is 3.16. The van der Waals surface area contributed by atoms with E-state index < -0.39 is 29.7 Å². The SMILES string of the molecule is O=C(Nc1ccccc1NC(=O)C(F)(F)F)c1ccc(C(F)(F)F)cc1. The predicted octanol–water partition coefficient (Wildman–Crippen LogP) is 4.46. The minimum atomic E-state index is -5.12. The Bertz CT molecular complexity index is 813. The van der Waals surface area contributed by atoms with E-state index in [9.17, 15) is 35.9 Å². The number of carbonyl (C=O) groups is 2. The smallest absolute Gasteiger partial charge is 0.320 e. The second kappa shape index (κ2) is 7.06. The summed E-state index contributed by atoms with van der Waals surface area (Å²) in [6.07, 6.45) is -9.69. The van der Waals surface area contributed by atoms with Crippen molar-refractivity contribution < 1.29 is 35.9 Å². The lowest BCUT2D eigenvalue weighted by Crippen LogP contribution is -2.30. The van der Waals surface area contributed by atoms with Gasteiger partial charge in [-0.15, -0.1) is 0 Å². The Labute approximate surface area is 142 Å². The summed E-state index contributed by atoms with van der Waals surface area (Å²) in [6.45, 7) is 0. The molecular formula is C16H10F6N2O2. The molecule has 138 valence electrons. The molecule has 4 nitrogen and oxygen atoms in total. The molecule has 0 bridgehead atoms. The number of anilines is 2. The Morgan fingerprint density at radius 3 is 1.69 bits per heavy atom. The molecule has 0 spiro atoms. The van der Waals surface area contributed by atoms with E-state index in [-0.39, 0.29) is 16.9 Å². The van der Waals surface area contributed by atoms with Crippen LogP contribution in [0, 0.1) is 0 Å². The van der Waals surface area contributed by atoms with Crippen molar-refractivity contribution in [2.45, 2.75) is 12.4 Å². The van der Waals surface area contributed by atoms with E-state index >= 15 is 0 Å². The average Bonchev–Trinajstić information content (AvgIpc) is 2.55. The van der Waals surface area contributed by atoms with Crippen molar-refractivity contribution in [1.29, 1.82) is 0 Å². The molecular weight excluding hydrogens is 366 g/mol. The molecule has 0 fully saturated rings. The topological polar surface area (TPSA) is 58.2 Å². The van der Waals surface area contributed by atoms with Crippen molar-refractivity contribution in [2.24, 2.45) is 0 Å². The number of rotatable bonds is 3. The second-order valence-corrected chi connectivity index (χ2v) is 5.03. The van der Waals surface area contributed by atoms with E-state index in [0.717, 1.165) is 18.2 Å². The fraction of sp³-hybridized carbons (Fsp3) is 0.125. The molecule has 0 aliphatic rings. The summed E-state index contributed by atoms with van der Waals surface area (Å²) in [4.78, 5) is 23.1. The molecule has 0 heterocycles. The van der Waals surface area contributed by atoms with Crippen LogP contribution in [0.3, 0.4) is 0 Å². The first-order valence-electron chi connectivity index (χ1n) is 6.94. The van der Waals surface area contributed by atoms with Crippen molar-refractivity contribution in [3.05, 3.63) is 59.7 Å². The zero-order valence-corrected chi connectivity index (χ0v) is 12.7. The van der Waals surface area contributed by atoms with Gasteiger partial charge in [0.05, 0.1) is 16.9 Å². The Kier molecular flexibility index (Phi) is 5.24. The molecule has 0 atom stereocenters. The molecule has 0 aliphatic heterocycles. The number of nitrogens with one attached hydrogen (secondary N) is 2. The van der Waals surface area contributed by atoms with Gasteiger partial charge in [-0.25, -0.2) is 0 Å². The summed E-state index contributed by atoms with van der Waals surface area (Å²) < 4.78 is 74.5. The van der Waals surface area contributed by atoms with E-state index in [2.05, 4.69) is 5.32 Å². The van der Waals surface area contributed by atoms with Gasteiger partial charge in [-0.3, -0.25) is 9.59 Å². The van der Waals surface area contributed by atoms with Gasteiger partial charge in [-0.2, -0.15) is 26.3 Å². The molecule has 0 saturated carbocycles. The number of alkyl halides is 6. The molecule has 0 saturated heterocycles. The van der Waals surface area contributed by atoms with Gasteiger partial charge in [0.1, 0.15) is 0 Å². The first-order chi connectivity index (χ1) is 12.0. The van der Waals surface area contributed by atoms with Gasteiger partial charge in [0, 0.05) is 5.56 Å². The molecule has 2 amide bonds. The minimum absolute atomic E-state index is 0.144. The average molecular weight is 376 g/mol. The fourth-order valence-corrected chi connectivity index (χ4v) is 1.90. The van der Waals surface area contributed by atoms with Crippen molar-refractivity contribution in [3.63, 3.8) is 0 Å². The van der Waals surface area contributed by atoms with Crippen molar-refractivity contribution in [1.82, 2.24) is 0 Å². The molecule has 0 radical (unpaired) electrons. The molecule has 2 rings (SSSR count). The van der Waals surface area contributed by atoms with E-state index in [0.29, 0.717) is 12.1 Å². The van der Waals surface area contributed by atoms with E-state index in [1.807, 2.05) is 0 Å². The lowest BCUT2D eigenvalue weighted by Gasteiger charge is -2.13. The minimum Gasteiger partial charge on any atom is -0.320 e. The quantitative estimate of drug-likeness (QED) is 0.778. The lowest BCUT2D eigenvalue weighted by molar-refractivity contribution is -0.167. The van der Waals surface area contributed by atoms with Crippen LogP contribution in [0.2, 0.25) is 0 Å². The molecule has 2 aromatic carbocycles. The maximum absolute atomic E-state index is 12.5. The zero-order valence-electron chi connectivity index (χ0n) is 12.7. The van der Waals surface area contributed by atoms with Crippen LogP contribution in [-0.2, 0) is 11.0 Å². The molecule has 0 unspecified atom stereocenters.